The first kappa shape index (κ1) is 15.8. The standard InChI is InChI=1S/C18H14N2O3S/c1-22-14-8-11(9-15(23-2)17(14)21)7-12(10-19)18-20-13-5-3-4-6-16(13)24-18/h3-9,21H,1-2H3/b12-7-. The summed E-state index contributed by atoms with van der Waals surface area (Å²) in [5.41, 5.74) is 1.97. The second-order valence-corrected chi connectivity index (χ2v) is 5.96. The fourth-order valence-corrected chi connectivity index (χ4v) is 3.22. The molecule has 24 heavy (non-hydrogen) atoms. The van der Waals surface area contributed by atoms with Crippen LogP contribution in [0.4, 0.5) is 0 Å². The number of thiazole rings is 1. The predicted octanol–water partition coefficient (Wildman–Crippen LogP) is 4.08. The molecule has 0 fully saturated rings. The molecule has 3 rings (SSSR count). The number of phenols is 1. The first-order valence-electron chi connectivity index (χ1n) is 7.09. The van der Waals surface area contributed by atoms with Gasteiger partial charge in [-0.05, 0) is 35.9 Å². The van der Waals surface area contributed by atoms with Crippen molar-refractivity contribution in [2.24, 2.45) is 0 Å². The largest absolute Gasteiger partial charge is 0.502 e. The molecule has 120 valence electrons. The molecule has 0 unspecified atom stereocenters. The third-order valence-corrected chi connectivity index (χ3v) is 4.53. The lowest BCUT2D eigenvalue weighted by molar-refractivity contribution is 0.340. The Kier molecular flexibility index (Phi) is 4.36. The molecular formula is C18H14N2O3S. The van der Waals surface area contributed by atoms with Crippen molar-refractivity contribution in [1.82, 2.24) is 4.98 Å². The number of para-hydroxylation sites is 1. The Morgan fingerprint density at radius 2 is 1.88 bits per heavy atom. The van der Waals surface area contributed by atoms with Gasteiger partial charge in [-0.3, -0.25) is 0 Å². The van der Waals surface area contributed by atoms with E-state index in [9.17, 15) is 10.4 Å². The average molecular weight is 338 g/mol. The van der Waals surface area contributed by atoms with Crippen molar-refractivity contribution < 1.29 is 14.6 Å². The number of rotatable bonds is 4. The predicted molar refractivity (Wildman–Crippen MR) is 94.3 cm³/mol. The van der Waals surface area contributed by atoms with Crippen LogP contribution in [0, 0.1) is 11.3 Å². The molecule has 2 aromatic carbocycles. The summed E-state index contributed by atoms with van der Waals surface area (Å²) in [5.74, 6) is 0.486. The van der Waals surface area contributed by atoms with Gasteiger partial charge in [0, 0.05) is 0 Å². The van der Waals surface area contributed by atoms with E-state index in [1.807, 2.05) is 24.3 Å². The van der Waals surface area contributed by atoms with Gasteiger partial charge in [-0.2, -0.15) is 5.26 Å². The highest BCUT2D eigenvalue weighted by atomic mass is 32.1. The third-order valence-electron chi connectivity index (χ3n) is 3.46. The second-order valence-electron chi connectivity index (χ2n) is 4.93. The summed E-state index contributed by atoms with van der Waals surface area (Å²) in [5, 5.41) is 20.1. The molecule has 0 saturated carbocycles. The number of methoxy groups -OCH3 is 2. The molecule has 1 aromatic heterocycles. The molecule has 0 atom stereocenters. The minimum Gasteiger partial charge on any atom is -0.502 e. The normalized spacial score (nSPS) is 11.3. The third kappa shape index (κ3) is 2.90. The van der Waals surface area contributed by atoms with Crippen LogP contribution >= 0.6 is 11.3 Å². The SMILES string of the molecule is COc1cc(/C=C(/C#N)c2nc3ccccc3s2)cc(OC)c1O. The lowest BCUT2D eigenvalue weighted by atomic mass is 10.1. The molecule has 0 aliphatic carbocycles. The molecule has 5 nitrogen and oxygen atoms in total. The van der Waals surface area contributed by atoms with Crippen LogP contribution in [0.25, 0.3) is 21.9 Å². The molecule has 3 aromatic rings. The van der Waals surface area contributed by atoms with Crippen molar-refractivity contribution in [3.63, 3.8) is 0 Å². The second kappa shape index (κ2) is 6.60. The molecule has 0 aliphatic rings. The summed E-state index contributed by atoms with van der Waals surface area (Å²) in [6.07, 6.45) is 1.70. The number of aromatic nitrogens is 1. The van der Waals surface area contributed by atoms with E-state index in [4.69, 9.17) is 9.47 Å². The molecule has 0 aliphatic heterocycles. The highest BCUT2D eigenvalue weighted by molar-refractivity contribution is 7.19. The molecule has 0 spiro atoms. The van der Waals surface area contributed by atoms with Gasteiger partial charge in [0.05, 0.1) is 30.0 Å². The van der Waals surface area contributed by atoms with Crippen molar-refractivity contribution in [2.45, 2.75) is 0 Å². The monoisotopic (exact) mass is 338 g/mol. The van der Waals surface area contributed by atoms with Gasteiger partial charge in [0.15, 0.2) is 11.5 Å². The summed E-state index contributed by atoms with van der Waals surface area (Å²) < 4.78 is 11.3. The number of phenolic OH excluding ortho intramolecular Hbond substituents is 1. The highest BCUT2D eigenvalue weighted by Crippen LogP contribution is 2.38. The van der Waals surface area contributed by atoms with E-state index < -0.39 is 0 Å². The van der Waals surface area contributed by atoms with E-state index in [1.165, 1.54) is 25.6 Å². The Labute approximate surface area is 143 Å². The van der Waals surface area contributed by atoms with E-state index in [1.54, 1.807) is 18.2 Å². The van der Waals surface area contributed by atoms with Gasteiger partial charge in [-0.1, -0.05) is 12.1 Å². The first-order valence-corrected chi connectivity index (χ1v) is 7.90. The maximum absolute atomic E-state index is 9.97. The molecule has 0 bridgehead atoms. The average Bonchev–Trinajstić information content (AvgIpc) is 3.04. The maximum Gasteiger partial charge on any atom is 0.200 e. The molecule has 6 heteroatoms. The first-order chi connectivity index (χ1) is 11.7. The van der Waals surface area contributed by atoms with Crippen LogP contribution in [0.1, 0.15) is 10.6 Å². The van der Waals surface area contributed by atoms with Crippen molar-refractivity contribution in [2.75, 3.05) is 14.2 Å². The van der Waals surface area contributed by atoms with Gasteiger partial charge in [-0.25, -0.2) is 4.98 Å². The zero-order valence-electron chi connectivity index (χ0n) is 13.1. The minimum absolute atomic E-state index is 0.0735. The highest BCUT2D eigenvalue weighted by Gasteiger charge is 2.13. The van der Waals surface area contributed by atoms with E-state index in [2.05, 4.69) is 11.1 Å². The van der Waals surface area contributed by atoms with Gasteiger partial charge in [0.2, 0.25) is 5.75 Å². The molecular weight excluding hydrogens is 324 g/mol. The number of ether oxygens (including phenoxy) is 2. The fraction of sp³-hybridized carbons (Fsp3) is 0.111. The number of nitriles is 1. The number of hydrogen-bond donors (Lipinski definition) is 1. The Morgan fingerprint density at radius 3 is 2.46 bits per heavy atom. The quantitative estimate of drug-likeness (QED) is 0.725. The fourth-order valence-electron chi connectivity index (χ4n) is 2.29. The summed E-state index contributed by atoms with van der Waals surface area (Å²) in [6, 6.07) is 13.2. The Balaban J connectivity index is 2.09. The van der Waals surface area contributed by atoms with E-state index in [0.29, 0.717) is 16.1 Å². The lowest BCUT2D eigenvalue weighted by Crippen LogP contribution is -1.90. The van der Waals surface area contributed by atoms with Crippen LogP contribution in [0.2, 0.25) is 0 Å². The van der Waals surface area contributed by atoms with Gasteiger partial charge in [0.25, 0.3) is 0 Å². The number of hydrogen-bond acceptors (Lipinski definition) is 6. The van der Waals surface area contributed by atoms with Crippen LogP contribution in [-0.2, 0) is 0 Å². The van der Waals surface area contributed by atoms with Crippen LogP contribution in [-0.4, -0.2) is 24.3 Å². The number of fused-ring (bicyclic) bond motifs is 1. The van der Waals surface area contributed by atoms with Crippen LogP contribution < -0.4 is 9.47 Å². The van der Waals surface area contributed by atoms with Gasteiger partial charge in [0.1, 0.15) is 11.1 Å². The van der Waals surface area contributed by atoms with Crippen LogP contribution in [0.5, 0.6) is 17.2 Å². The number of aromatic hydroxyl groups is 1. The number of nitrogens with zero attached hydrogens (tertiary/aromatic N) is 2. The van der Waals surface area contributed by atoms with Crippen LogP contribution in [0.3, 0.4) is 0 Å². The summed E-state index contributed by atoms with van der Waals surface area (Å²) >= 11 is 1.46. The smallest absolute Gasteiger partial charge is 0.200 e. The molecule has 1 heterocycles. The van der Waals surface area contributed by atoms with Crippen molar-refractivity contribution in [3.8, 4) is 23.3 Å². The van der Waals surface area contributed by atoms with Crippen molar-refractivity contribution in [1.29, 1.82) is 5.26 Å². The Hall–Kier alpha value is -3.04. The minimum atomic E-state index is -0.0735. The summed E-state index contributed by atoms with van der Waals surface area (Å²) in [4.78, 5) is 4.50. The molecule has 1 N–H and O–H groups in total. The lowest BCUT2D eigenvalue weighted by Gasteiger charge is -2.09. The molecule has 0 amide bonds. The maximum atomic E-state index is 9.97. The van der Waals surface area contributed by atoms with Crippen molar-refractivity contribution in [3.05, 3.63) is 47.0 Å². The number of allylic oxidation sites excluding steroid dienone is 1. The zero-order valence-corrected chi connectivity index (χ0v) is 13.9. The summed E-state index contributed by atoms with van der Waals surface area (Å²) in [6.45, 7) is 0. The molecule has 0 radical (unpaired) electrons. The Bertz CT molecular complexity index is 912. The molecule has 0 saturated heterocycles. The van der Waals surface area contributed by atoms with Crippen LogP contribution in [0.15, 0.2) is 36.4 Å². The van der Waals surface area contributed by atoms with E-state index >= 15 is 0 Å². The van der Waals surface area contributed by atoms with Gasteiger partial charge in [-0.15, -0.1) is 11.3 Å². The van der Waals surface area contributed by atoms with Gasteiger partial charge >= 0.3 is 0 Å². The van der Waals surface area contributed by atoms with E-state index in [-0.39, 0.29) is 17.2 Å². The zero-order chi connectivity index (χ0) is 17.1. The van der Waals surface area contributed by atoms with Gasteiger partial charge < -0.3 is 14.6 Å². The summed E-state index contributed by atoms with van der Waals surface area (Å²) in [7, 11) is 2.92. The van der Waals surface area contributed by atoms with Crippen molar-refractivity contribution >= 4 is 33.2 Å². The number of benzene rings is 2. The van der Waals surface area contributed by atoms with E-state index in [0.717, 1.165) is 10.2 Å². The Morgan fingerprint density at radius 1 is 1.21 bits per heavy atom. The topological polar surface area (TPSA) is 75.4 Å².